The zero-order valence-electron chi connectivity index (χ0n) is 25.0. The van der Waals surface area contributed by atoms with E-state index in [2.05, 4.69) is 0 Å². The minimum absolute atomic E-state index is 0.163. The molecule has 4 aliphatic rings. The molecule has 2 saturated carbocycles. The van der Waals surface area contributed by atoms with Gasteiger partial charge in [0.05, 0.1) is 25.4 Å². The molecule has 2 aliphatic heterocycles. The monoisotopic (exact) mass is 638 g/mol. The molecule has 6 rings (SSSR count). The van der Waals surface area contributed by atoms with Crippen molar-refractivity contribution < 1.29 is 68.8 Å². The van der Waals surface area contributed by atoms with E-state index >= 15 is 0 Å². The highest BCUT2D eigenvalue weighted by molar-refractivity contribution is 6.14. The van der Waals surface area contributed by atoms with E-state index in [1.807, 2.05) is 0 Å². The first kappa shape index (κ1) is 30.9. The Kier molecular flexibility index (Phi) is 6.87. The number of esters is 2. The highest BCUT2D eigenvalue weighted by Gasteiger charge is 2.64. The first-order valence-electron chi connectivity index (χ1n) is 14.3. The Bertz CT molecular complexity index is 1690. The lowest BCUT2D eigenvalue weighted by molar-refractivity contribution is -0.173. The minimum Gasteiger partial charge on any atom is -0.506 e. The predicted molar refractivity (Wildman–Crippen MR) is 155 cm³/mol. The maximum absolute atomic E-state index is 13.2. The predicted octanol–water partition coefficient (Wildman–Crippen LogP) is 1.85. The third kappa shape index (κ3) is 3.70. The number of ether oxygens (including phenoxy) is 4. The first-order chi connectivity index (χ1) is 21.7. The van der Waals surface area contributed by atoms with Gasteiger partial charge in [0.25, 0.3) is 11.2 Å². The summed E-state index contributed by atoms with van der Waals surface area (Å²) in [7, 11) is 2.04. The molecule has 46 heavy (non-hydrogen) atoms. The number of carbonyl (C=O) groups is 4. The number of benzene rings is 2. The molecule has 6 N–H and O–H groups in total. The second-order valence-electron chi connectivity index (χ2n) is 11.9. The molecule has 0 amide bonds. The van der Waals surface area contributed by atoms with Crippen LogP contribution in [0.4, 0.5) is 0 Å². The number of methoxy groups -OCH3 is 2. The van der Waals surface area contributed by atoms with Crippen LogP contribution in [-0.2, 0) is 28.7 Å². The van der Waals surface area contributed by atoms with E-state index in [0.29, 0.717) is 0 Å². The molecule has 0 aromatic heterocycles. The summed E-state index contributed by atoms with van der Waals surface area (Å²) < 4.78 is 21.5. The van der Waals surface area contributed by atoms with E-state index in [4.69, 9.17) is 18.9 Å². The molecule has 0 unspecified atom stereocenters. The summed E-state index contributed by atoms with van der Waals surface area (Å²) in [6.07, 6.45) is -3.72. The van der Waals surface area contributed by atoms with Gasteiger partial charge in [0.2, 0.25) is 0 Å². The summed E-state index contributed by atoms with van der Waals surface area (Å²) in [4.78, 5) is 52.3. The molecule has 6 atom stereocenters. The fourth-order valence-electron chi connectivity index (χ4n) is 7.00. The standard InChI is InChI=1S/C32H30O14/c1-11-9-15(33)21-25(37)19-17(45-31(21,27(11)39)29(41)43-3)7-5-13(23(19)35)14-6-8-18-20(24(14)36)26(38)22-16(34)10-12(2)28(40)32(22,46-18)30(42)44-4/h5-8,11-12,27-28,35-40H,9-10H2,1-4H3/t11-,12+,27-,28-,31-,32-/m0/s1. The zero-order chi connectivity index (χ0) is 33.6. The van der Waals surface area contributed by atoms with Crippen molar-refractivity contribution in [2.24, 2.45) is 11.8 Å². The summed E-state index contributed by atoms with van der Waals surface area (Å²) in [5, 5.41) is 67.7. The van der Waals surface area contributed by atoms with Crippen molar-refractivity contribution in [2.75, 3.05) is 14.2 Å². The van der Waals surface area contributed by atoms with Crippen molar-refractivity contribution in [3.63, 3.8) is 0 Å². The Labute approximate surface area is 260 Å². The highest BCUT2D eigenvalue weighted by Crippen LogP contribution is 2.55. The number of aliphatic hydroxyl groups is 4. The van der Waals surface area contributed by atoms with Crippen molar-refractivity contribution in [3.8, 4) is 34.1 Å². The van der Waals surface area contributed by atoms with Gasteiger partial charge in [0.15, 0.2) is 11.6 Å². The number of Topliss-reactive ketones (excluding diaryl/α,β-unsaturated/α-hetero) is 2. The molecule has 0 spiro atoms. The van der Waals surface area contributed by atoms with Gasteiger partial charge in [-0.2, -0.15) is 0 Å². The largest absolute Gasteiger partial charge is 0.506 e. The summed E-state index contributed by atoms with van der Waals surface area (Å²) in [6, 6.07) is 4.92. The van der Waals surface area contributed by atoms with Gasteiger partial charge in [-0.15, -0.1) is 0 Å². The summed E-state index contributed by atoms with van der Waals surface area (Å²) in [6.45, 7) is 3.04. The van der Waals surface area contributed by atoms with E-state index in [1.54, 1.807) is 0 Å². The molecule has 2 heterocycles. The van der Waals surface area contributed by atoms with Crippen LogP contribution in [0.5, 0.6) is 23.0 Å². The maximum atomic E-state index is 13.2. The molecule has 0 bridgehead atoms. The van der Waals surface area contributed by atoms with Crippen molar-refractivity contribution in [1.82, 2.24) is 0 Å². The van der Waals surface area contributed by atoms with E-state index in [9.17, 15) is 49.8 Å². The van der Waals surface area contributed by atoms with E-state index in [-0.39, 0.29) is 35.5 Å². The molecule has 0 radical (unpaired) electrons. The van der Waals surface area contributed by atoms with E-state index in [0.717, 1.165) is 14.2 Å². The number of hydrogen-bond acceptors (Lipinski definition) is 14. The fraction of sp³-hybridized carbons (Fsp3) is 0.375. The van der Waals surface area contributed by atoms with Crippen LogP contribution in [0.1, 0.15) is 37.8 Å². The average Bonchev–Trinajstić information content (AvgIpc) is 3.01. The lowest BCUT2D eigenvalue weighted by Gasteiger charge is -2.45. The lowest BCUT2D eigenvalue weighted by Crippen LogP contribution is -2.64. The minimum atomic E-state index is -2.42. The number of rotatable bonds is 3. The average molecular weight is 639 g/mol. The Hall–Kier alpha value is -5.08. The van der Waals surface area contributed by atoms with E-state index < -0.39 is 104 Å². The molecule has 2 aromatic rings. The first-order valence-corrected chi connectivity index (χ1v) is 14.3. The van der Waals surface area contributed by atoms with E-state index in [1.165, 1.54) is 38.1 Å². The van der Waals surface area contributed by atoms with Gasteiger partial charge in [-0.25, -0.2) is 9.59 Å². The van der Waals surface area contributed by atoms with Gasteiger partial charge >= 0.3 is 11.9 Å². The molecule has 242 valence electrons. The summed E-state index contributed by atoms with van der Waals surface area (Å²) >= 11 is 0. The van der Waals surface area contributed by atoms with Gasteiger partial charge in [-0.3, -0.25) is 9.59 Å². The molecule has 2 fully saturated rings. The number of aliphatic hydroxyl groups excluding tert-OH is 4. The molecule has 14 nitrogen and oxygen atoms in total. The van der Waals surface area contributed by atoms with Gasteiger partial charge in [0, 0.05) is 24.0 Å². The molecule has 2 aliphatic carbocycles. The Balaban J connectivity index is 1.55. The molecule has 14 heteroatoms. The van der Waals surface area contributed by atoms with Gasteiger partial charge in [0.1, 0.15) is 57.9 Å². The Morgan fingerprint density at radius 3 is 1.37 bits per heavy atom. The van der Waals surface area contributed by atoms with Crippen LogP contribution in [-0.4, -0.2) is 91.8 Å². The van der Waals surface area contributed by atoms with Gasteiger partial charge < -0.3 is 49.6 Å². The number of carbonyl (C=O) groups excluding carboxylic acids is 4. The van der Waals surface area contributed by atoms with Crippen LogP contribution in [0, 0.1) is 11.8 Å². The van der Waals surface area contributed by atoms with Gasteiger partial charge in [-0.1, -0.05) is 13.8 Å². The van der Waals surface area contributed by atoms with Crippen LogP contribution >= 0.6 is 0 Å². The summed E-state index contributed by atoms with van der Waals surface area (Å²) in [5.41, 5.74) is -7.25. The van der Waals surface area contributed by atoms with Crippen LogP contribution in [0.15, 0.2) is 35.4 Å². The van der Waals surface area contributed by atoms with Crippen LogP contribution in [0.25, 0.3) is 22.6 Å². The van der Waals surface area contributed by atoms with Crippen LogP contribution < -0.4 is 9.47 Å². The molecular formula is C32H30O14. The third-order valence-corrected chi connectivity index (χ3v) is 9.26. The van der Waals surface area contributed by atoms with Crippen molar-refractivity contribution >= 4 is 35.0 Å². The quantitative estimate of drug-likeness (QED) is 0.264. The topological polar surface area (TPSA) is 227 Å². The Morgan fingerprint density at radius 2 is 1.04 bits per heavy atom. The SMILES string of the molecule is COC(=O)[C@]12Oc3ccc(-c4ccc5c(c4O)C(O)=C4C(=O)C[C@H](C)[C@H](O)[C@@]4(C(=O)OC)O5)c(O)c3C(O)=C1C(=O)C[C@@H](C)[C@@H]2O. The number of aromatic hydroxyl groups is 2. The second kappa shape index (κ2) is 10.2. The molecular weight excluding hydrogens is 608 g/mol. The second-order valence-corrected chi connectivity index (χ2v) is 11.9. The smallest absolute Gasteiger partial charge is 0.358 e. The van der Waals surface area contributed by atoms with Crippen molar-refractivity contribution in [2.45, 2.75) is 50.1 Å². The molecule has 0 saturated heterocycles. The zero-order valence-corrected chi connectivity index (χ0v) is 25.0. The lowest BCUT2D eigenvalue weighted by atomic mass is 9.69. The van der Waals surface area contributed by atoms with Crippen LogP contribution in [0.2, 0.25) is 0 Å². The fourth-order valence-corrected chi connectivity index (χ4v) is 7.00. The highest BCUT2D eigenvalue weighted by atomic mass is 16.6. The number of hydrogen-bond donors (Lipinski definition) is 6. The Morgan fingerprint density at radius 1 is 0.696 bits per heavy atom. The number of phenolic OH excluding ortho intramolecular Hbond substituents is 2. The van der Waals surface area contributed by atoms with Gasteiger partial charge in [-0.05, 0) is 36.1 Å². The normalized spacial score (nSPS) is 29.9. The molecule has 2 aromatic carbocycles. The van der Waals surface area contributed by atoms with Crippen molar-refractivity contribution in [3.05, 3.63) is 46.5 Å². The summed E-state index contributed by atoms with van der Waals surface area (Å²) in [5.74, 6) is -9.01. The number of fused-ring (bicyclic) bond motifs is 4. The maximum Gasteiger partial charge on any atom is 0.358 e. The third-order valence-electron chi connectivity index (χ3n) is 9.26. The number of phenols is 2. The van der Waals surface area contributed by atoms with Crippen LogP contribution in [0.3, 0.4) is 0 Å². The number of ketones is 2. The van der Waals surface area contributed by atoms with Crippen molar-refractivity contribution in [1.29, 1.82) is 0 Å².